The van der Waals surface area contributed by atoms with E-state index in [1.54, 1.807) is 0 Å². The zero-order valence-corrected chi connectivity index (χ0v) is 19.1. The molecule has 0 aromatic heterocycles. The number of rotatable bonds is 10. The van der Waals surface area contributed by atoms with Gasteiger partial charge in [-0.25, -0.2) is 0 Å². The number of fused-ring (bicyclic) bond motifs is 1. The zero-order valence-electron chi connectivity index (χ0n) is 19.1. The summed E-state index contributed by atoms with van der Waals surface area (Å²) in [6.07, 6.45) is -2.83. The Bertz CT molecular complexity index is 792. The van der Waals surface area contributed by atoms with Gasteiger partial charge >= 0.3 is 6.36 Å². The molecule has 2 saturated heterocycles. The van der Waals surface area contributed by atoms with Crippen molar-refractivity contribution in [1.29, 1.82) is 0 Å². The number of carbonyl (C=O) groups excluding carboxylic acids is 4. The number of nitrogens with one attached hydrogen (secondary N) is 2. The summed E-state index contributed by atoms with van der Waals surface area (Å²) in [6, 6.07) is -2.30. The van der Waals surface area contributed by atoms with Crippen molar-refractivity contribution in [1.82, 2.24) is 15.5 Å². The van der Waals surface area contributed by atoms with Crippen molar-refractivity contribution in [2.24, 2.45) is 17.8 Å². The number of Topliss-reactive ketones (excluding diaryl/α,β-unsaturated/α-hetero) is 1. The number of carbonyl (C=O) groups is 4. The lowest BCUT2D eigenvalue weighted by Crippen LogP contribution is -2.55. The minimum Gasteiger partial charge on any atom is -0.383 e. The number of ketones is 1. The fraction of sp³-hybridized carbons (Fsp3) is 0.818. The van der Waals surface area contributed by atoms with Crippen molar-refractivity contribution in [3.63, 3.8) is 0 Å². The van der Waals surface area contributed by atoms with Gasteiger partial charge in [0.1, 0.15) is 18.8 Å². The molecule has 3 aliphatic rings. The highest BCUT2D eigenvalue weighted by Gasteiger charge is 2.50. The molecule has 5 unspecified atom stereocenters. The van der Waals surface area contributed by atoms with Gasteiger partial charge in [0, 0.05) is 19.0 Å². The van der Waals surface area contributed by atoms with E-state index in [1.165, 1.54) is 4.90 Å². The highest BCUT2D eigenvalue weighted by Crippen LogP contribution is 2.42. The van der Waals surface area contributed by atoms with E-state index in [0.29, 0.717) is 32.4 Å². The maximum atomic E-state index is 13.4. The molecule has 0 radical (unpaired) electrons. The Hall–Kier alpha value is -2.21. The van der Waals surface area contributed by atoms with Gasteiger partial charge in [0.2, 0.25) is 11.8 Å². The number of ether oxygens (including phenoxy) is 1. The van der Waals surface area contributed by atoms with E-state index < -0.39 is 54.7 Å². The van der Waals surface area contributed by atoms with E-state index in [1.807, 2.05) is 6.92 Å². The van der Waals surface area contributed by atoms with Gasteiger partial charge < -0.3 is 20.6 Å². The van der Waals surface area contributed by atoms with Gasteiger partial charge in [0.15, 0.2) is 5.78 Å². The van der Waals surface area contributed by atoms with Crippen molar-refractivity contribution in [2.75, 3.05) is 19.7 Å². The molecule has 12 heteroatoms. The molecule has 6 atom stereocenters. The zero-order chi connectivity index (χ0) is 25.0. The summed E-state index contributed by atoms with van der Waals surface area (Å²) in [5.74, 6) is -3.26. The number of nitrogens with zero attached hydrogens (tertiary/aromatic N) is 1. The van der Waals surface area contributed by atoms with E-state index in [-0.39, 0.29) is 30.6 Å². The Labute approximate surface area is 195 Å². The first-order valence-corrected chi connectivity index (χ1v) is 11.8. The highest BCUT2D eigenvalue weighted by molar-refractivity contribution is 5.95. The molecular formula is C22H32F3N3O6. The maximum absolute atomic E-state index is 13.4. The molecular weight excluding hydrogens is 459 g/mol. The van der Waals surface area contributed by atoms with Crippen LogP contribution in [-0.2, 0) is 23.9 Å². The number of halogens is 3. The second-order valence-electron chi connectivity index (χ2n) is 9.37. The van der Waals surface area contributed by atoms with Gasteiger partial charge in [-0.2, -0.15) is 0 Å². The Balaban J connectivity index is 1.77. The van der Waals surface area contributed by atoms with Crippen LogP contribution in [0.15, 0.2) is 0 Å². The standard InChI is InChI=1S/C22H32F3N3O6/c1-2-4-16(29)21(33)28-10-13-5-3-6-14(13)18(28)20(32)27-15(9-12-7-8-26-19(12)31)17(30)11-34-22(23,24)25/h12-16,18,29H,2-11H2,1H3,(H,26,31)(H,27,32)/t12?,13?,14?,15?,16-,18?/m1/s1. The monoisotopic (exact) mass is 491 g/mol. The van der Waals surface area contributed by atoms with Crippen molar-refractivity contribution < 1.29 is 42.2 Å². The Morgan fingerprint density at radius 2 is 2.00 bits per heavy atom. The summed E-state index contributed by atoms with van der Waals surface area (Å²) in [7, 11) is 0. The lowest BCUT2D eigenvalue weighted by Gasteiger charge is -2.30. The van der Waals surface area contributed by atoms with Crippen molar-refractivity contribution in [3.05, 3.63) is 0 Å². The third kappa shape index (κ3) is 6.26. The van der Waals surface area contributed by atoms with Crippen molar-refractivity contribution in [2.45, 2.75) is 76.4 Å². The van der Waals surface area contributed by atoms with E-state index in [2.05, 4.69) is 15.4 Å². The molecule has 34 heavy (non-hydrogen) atoms. The normalized spacial score (nSPS) is 28.4. The summed E-state index contributed by atoms with van der Waals surface area (Å²) in [6.45, 7) is 1.21. The second-order valence-corrected chi connectivity index (χ2v) is 9.37. The molecule has 3 fully saturated rings. The van der Waals surface area contributed by atoms with Crippen LogP contribution in [-0.4, -0.2) is 77.8 Å². The number of alkyl halides is 3. The lowest BCUT2D eigenvalue weighted by molar-refractivity contribution is -0.321. The molecule has 0 spiro atoms. The smallest absolute Gasteiger partial charge is 0.383 e. The van der Waals surface area contributed by atoms with Crippen LogP contribution in [0.1, 0.15) is 51.9 Å². The van der Waals surface area contributed by atoms with E-state index in [0.717, 1.165) is 12.8 Å². The third-order valence-corrected chi connectivity index (χ3v) is 7.06. The number of aliphatic hydroxyl groups is 1. The molecule has 0 bridgehead atoms. The third-order valence-electron chi connectivity index (χ3n) is 7.06. The van der Waals surface area contributed by atoms with Gasteiger partial charge in [-0.15, -0.1) is 13.2 Å². The predicted octanol–water partition coefficient (Wildman–Crippen LogP) is 0.891. The molecule has 9 nitrogen and oxygen atoms in total. The number of amides is 3. The lowest BCUT2D eigenvalue weighted by atomic mass is 9.92. The van der Waals surface area contributed by atoms with Crippen LogP contribution in [0.2, 0.25) is 0 Å². The molecule has 2 aliphatic heterocycles. The van der Waals surface area contributed by atoms with Crippen LogP contribution >= 0.6 is 0 Å². The average Bonchev–Trinajstić information content (AvgIpc) is 3.46. The minimum absolute atomic E-state index is 0.0804. The predicted molar refractivity (Wildman–Crippen MR) is 112 cm³/mol. The Kier molecular flexibility index (Phi) is 8.56. The number of hydrogen-bond acceptors (Lipinski definition) is 6. The van der Waals surface area contributed by atoms with Crippen LogP contribution in [0.25, 0.3) is 0 Å². The SMILES string of the molecule is CCC[C@@H](O)C(=O)N1CC2CCCC2C1C(=O)NC(CC1CCNC1=O)C(=O)COC(F)(F)F. The maximum Gasteiger partial charge on any atom is 0.522 e. The summed E-state index contributed by atoms with van der Waals surface area (Å²) in [4.78, 5) is 52.1. The molecule has 3 N–H and O–H groups in total. The van der Waals surface area contributed by atoms with Crippen LogP contribution < -0.4 is 10.6 Å². The molecule has 3 rings (SSSR count). The molecule has 1 aliphatic carbocycles. The van der Waals surface area contributed by atoms with Crippen LogP contribution in [0.3, 0.4) is 0 Å². The summed E-state index contributed by atoms with van der Waals surface area (Å²) < 4.78 is 41.1. The Morgan fingerprint density at radius 3 is 2.62 bits per heavy atom. The summed E-state index contributed by atoms with van der Waals surface area (Å²) in [5.41, 5.74) is 0. The van der Waals surface area contributed by atoms with E-state index in [4.69, 9.17) is 0 Å². The van der Waals surface area contributed by atoms with Crippen molar-refractivity contribution >= 4 is 23.5 Å². The fourth-order valence-electron chi connectivity index (χ4n) is 5.39. The average molecular weight is 492 g/mol. The molecule has 2 heterocycles. The van der Waals surface area contributed by atoms with E-state index >= 15 is 0 Å². The number of aliphatic hydroxyl groups excluding tert-OH is 1. The fourth-order valence-corrected chi connectivity index (χ4v) is 5.39. The van der Waals surface area contributed by atoms with Gasteiger partial charge in [-0.3, -0.25) is 23.9 Å². The van der Waals surface area contributed by atoms with Crippen LogP contribution in [0.5, 0.6) is 0 Å². The number of hydrogen-bond donors (Lipinski definition) is 3. The van der Waals surface area contributed by atoms with Gasteiger partial charge in [-0.1, -0.05) is 19.8 Å². The van der Waals surface area contributed by atoms with Crippen molar-refractivity contribution in [3.8, 4) is 0 Å². The summed E-state index contributed by atoms with van der Waals surface area (Å²) in [5, 5.41) is 15.4. The van der Waals surface area contributed by atoms with Gasteiger partial charge in [0.25, 0.3) is 5.91 Å². The highest BCUT2D eigenvalue weighted by atomic mass is 19.4. The minimum atomic E-state index is -5.02. The van der Waals surface area contributed by atoms with Gasteiger partial charge in [-0.05, 0) is 43.9 Å². The van der Waals surface area contributed by atoms with Crippen LogP contribution in [0, 0.1) is 17.8 Å². The number of likely N-dealkylation sites (tertiary alicyclic amines) is 1. The molecule has 192 valence electrons. The topological polar surface area (TPSA) is 125 Å². The first-order valence-electron chi connectivity index (χ1n) is 11.8. The largest absolute Gasteiger partial charge is 0.522 e. The summed E-state index contributed by atoms with van der Waals surface area (Å²) >= 11 is 0. The quantitative estimate of drug-likeness (QED) is 0.417. The second kappa shape index (κ2) is 11.0. The Morgan fingerprint density at radius 1 is 1.26 bits per heavy atom. The molecule has 0 aromatic rings. The molecule has 3 amide bonds. The molecule has 0 aromatic carbocycles. The van der Waals surface area contributed by atoms with Crippen LogP contribution in [0.4, 0.5) is 13.2 Å². The first-order chi connectivity index (χ1) is 16.0. The molecule has 1 saturated carbocycles. The first kappa shape index (κ1) is 26.4. The van der Waals surface area contributed by atoms with E-state index in [9.17, 15) is 37.5 Å². The van der Waals surface area contributed by atoms with Gasteiger partial charge in [0.05, 0.1) is 6.04 Å².